The van der Waals surface area contributed by atoms with E-state index in [1.807, 2.05) is 0 Å². The number of hydrogen-bond donors (Lipinski definition) is 3. The van der Waals surface area contributed by atoms with Crippen LogP contribution >= 0.6 is 0 Å². The molecule has 0 heterocycles. The third-order valence-corrected chi connectivity index (χ3v) is 4.05. The first-order chi connectivity index (χ1) is 9.00. The van der Waals surface area contributed by atoms with Gasteiger partial charge in [-0.05, 0) is 40.0 Å². The standard InChI is InChI=1S/C13H19NO6/c1-11(2,3)20-10(19)14-7(8(15)16)12-4-13(5-12,6-12)9(17)18/h7H,4-6H2,1-3H3,(H,14,19)(H,15,16)(H,17,18). The molecule has 1 amide bonds. The molecule has 3 saturated carbocycles. The summed E-state index contributed by atoms with van der Waals surface area (Å²) in [7, 11) is 0. The summed E-state index contributed by atoms with van der Waals surface area (Å²) in [6.45, 7) is 5.05. The molecule has 0 aromatic rings. The molecule has 3 aliphatic carbocycles. The lowest BCUT2D eigenvalue weighted by Gasteiger charge is -2.69. The van der Waals surface area contributed by atoms with Gasteiger partial charge in [-0.3, -0.25) is 4.79 Å². The first-order valence-electron chi connectivity index (χ1n) is 6.46. The monoisotopic (exact) mass is 285 g/mol. The normalized spacial score (nSPS) is 32.4. The van der Waals surface area contributed by atoms with Gasteiger partial charge in [0.25, 0.3) is 0 Å². The summed E-state index contributed by atoms with van der Waals surface area (Å²) in [4.78, 5) is 34.0. The molecular weight excluding hydrogens is 266 g/mol. The van der Waals surface area contributed by atoms with Crippen molar-refractivity contribution in [1.29, 1.82) is 0 Å². The van der Waals surface area contributed by atoms with Gasteiger partial charge in [0.1, 0.15) is 11.6 Å². The summed E-state index contributed by atoms with van der Waals surface area (Å²) in [5.41, 5.74) is -2.13. The average Bonchev–Trinajstić information content (AvgIpc) is 2.07. The topological polar surface area (TPSA) is 113 Å². The van der Waals surface area contributed by atoms with Crippen molar-refractivity contribution in [3.05, 3.63) is 0 Å². The molecular formula is C13H19NO6. The van der Waals surface area contributed by atoms with Gasteiger partial charge in [0, 0.05) is 5.41 Å². The van der Waals surface area contributed by atoms with Gasteiger partial charge in [-0.15, -0.1) is 0 Å². The second-order valence-electron chi connectivity index (χ2n) is 6.90. The second-order valence-corrected chi connectivity index (χ2v) is 6.90. The van der Waals surface area contributed by atoms with E-state index in [0.29, 0.717) is 19.3 Å². The van der Waals surface area contributed by atoms with Crippen LogP contribution in [0.15, 0.2) is 0 Å². The number of amides is 1. The highest BCUT2D eigenvalue weighted by molar-refractivity contribution is 5.85. The van der Waals surface area contributed by atoms with Crippen LogP contribution in [0.5, 0.6) is 0 Å². The van der Waals surface area contributed by atoms with Crippen molar-refractivity contribution < 1.29 is 29.3 Å². The Kier molecular flexibility index (Phi) is 3.00. The van der Waals surface area contributed by atoms with E-state index in [1.54, 1.807) is 20.8 Å². The highest BCUT2D eigenvalue weighted by Gasteiger charge is 2.75. The fourth-order valence-electron chi connectivity index (χ4n) is 3.30. The Morgan fingerprint density at radius 1 is 1.15 bits per heavy atom. The smallest absolute Gasteiger partial charge is 0.408 e. The zero-order valence-electron chi connectivity index (χ0n) is 11.7. The zero-order chi connectivity index (χ0) is 15.3. The predicted molar refractivity (Wildman–Crippen MR) is 67.1 cm³/mol. The number of aliphatic carboxylic acids is 2. The summed E-state index contributed by atoms with van der Waals surface area (Å²) >= 11 is 0. The Balaban J connectivity index is 2.00. The molecule has 3 aliphatic rings. The first-order valence-corrected chi connectivity index (χ1v) is 6.46. The Hall–Kier alpha value is -1.79. The minimum Gasteiger partial charge on any atom is -0.481 e. The molecule has 0 aromatic carbocycles. The fraction of sp³-hybridized carbons (Fsp3) is 0.769. The summed E-state index contributed by atoms with van der Waals surface area (Å²) < 4.78 is 5.04. The van der Waals surface area contributed by atoms with Crippen molar-refractivity contribution >= 4 is 18.0 Å². The van der Waals surface area contributed by atoms with E-state index < -0.39 is 40.5 Å². The summed E-state index contributed by atoms with van der Waals surface area (Å²) in [6, 6.07) is -1.10. The lowest BCUT2D eigenvalue weighted by molar-refractivity contribution is -0.234. The van der Waals surface area contributed by atoms with Crippen LogP contribution in [0.4, 0.5) is 4.79 Å². The number of alkyl carbamates (subject to hydrolysis) is 1. The fourth-order valence-corrected chi connectivity index (χ4v) is 3.30. The highest BCUT2D eigenvalue weighted by Crippen LogP contribution is 2.74. The van der Waals surface area contributed by atoms with Crippen LogP contribution in [0.2, 0.25) is 0 Å². The summed E-state index contributed by atoms with van der Waals surface area (Å²) in [5, 5.41) is 20.6. The largest absolute Gasteiger partial charge is 0.481 e. The summed E-state index contributed by atoms with van der Waals surface area (Å²) in [5.74, 6) is -2.05. The number of rotatable bonds is 4. The van der Waals surface area contributed by atoms with Gasteiger partial charge in [0.05, 0.1) is 5.41 Å². The van der Waals surface area contributed by atoms with Crippen molar-refractivity contribution in [2.75, 3.05) is 0 Å². The Bertz CT molecular complexity index is 458. The number of carboxylic acid groups (broad SMARTS) is 2. The minimum absolute atomic E-state index is 0.294. The number of carbonyl (C=O) groups is 3. The van der Waals surface area contributed by atoms with E-state index >= 15 is 0 Å². The molecule has 3 fully saturated rings. The SMILES string of the molecule is CC(C)(C)OC(=O)NC(C(=O)O)C12CC(C(=O)O)(C1)C2. The van der Waals surface area contributed by atoms with Crippen LogP contribution < -0.4 is 5.32 Å². The Morgan fingerprint density at radius 3 is 2.00 bits per heavy atom. The number of ether oxygens (including phenoxy) is 1. The molecule has 0 radical (unpaired) electrons. The van der Waals surface area contributed by atoms with Gasteiger partial charge in [-0.2, -0.15) is 0 Å². The quantitative estimate of drug-likeness (QED) is 0.715. The number of carboxylic acids is 2. The highest BCUT2D eigenvalue weighted by atomic mass is 16.6. The second kappa shape index (κ2) is 4.10. The summed E-state index contributed by atoms with van der Waals surface area (Å²) in [6.07, 6.45) is 0.0887. The van der Waals surface area contributed by atoms with Crippen molar-refractivity contribution in [2.24, 2.45) is 10.8 Å². The minimum atomic E-state index is -1.16. The van der Waals surface area contributed by atoms with E-state index in [-0.39, 0.29) is 0 Å². The van der Waals surface area contributed by atoms with Crippen LogP contribution in [0, 0.1) is 10.8 Å². The molecule has 7 heteroatoms. The predicted octanol–water partition coefficient (Wildman–Crippen LogP) is 1.22. The molecule has 7 nitrogen and oxygen atoms in total. The van der Waals surface area contributed by atoms with E-state index in [9.17, 15) is 19.5 Å². The van der Waals surface area contributed by atoms with Gasteiger partial charge in [-0.1, -0.05) is 0 Å². The molecule has 3 N–H and O–H groups in total. The lowest BCUT2D eigenvalue weighted by Crippen LogP contribution is -2.74. The van der Waals surface area contributed by atoms with Crippen LogP contribution in [0.1, 0.15) is 40.0 Å². The molecule has 0 spiro atoms. The van der Waals surface area contributed by atoms with Gasteiger partial charge in [-0.25, -0.2) is 9.59 Å². The van der Waals surface area contributed by atoms with Gasteiger partial charge in [0.15, 0.2) is 0 Å². The molecule has 1 atom stereocenters. The van der Waals surface area contributed by atoms with Crippen molar-refractivity contribution in [3.8, 4) is 0 Å². The molecule has 0 aromatic heterocycles. The molecule has 3 rings (SSSR count). The average molecular weight is 285 g/mol. The number of hydrogen-bond acceptors (Lipinski definition) is 4. The molecule has 20 heavy (non-hydrogen) atoms. The van der Waals surface area contributed by atoms with Gasteiger partial charge >= 0.3 is 18.0 Å². The molecule has 0 saturated heterocycles. The van der Waals surface area contributed by atoms with E-state index in [1.165, 1.54) is 0 Å². The zero-order valence-corrected chi connectivity index (χ0v) is 11.7. The molecule has 1 unspecified atom stereocenters. The van der Waals surface area contributed by atoms with Crippen LogP contribution in [0.25, 0.3) is 0 Å². The number of nitrogens with one attached hydrogen (secondary N) is 1. The van der Waals surface area contributed by atoms with Gasteiger partial charge in [0.2, 0.25) is 0 Å². The maximum atomic E-state index is 11.7. The van der Waals surface area contributed by atoms with Crippen LogP contribution in [0.3, 0.4) is 0 Å². The maximum absolute atomic E-state index is 11.7. The lowest BCUT2D eigenvalue weighted by atomic mass is 9.33. The van der Waals surface area contributed by atoms with E-state index in [4.69, 9.17) is 9.84 Å². The van der Waals surface area contributed by atoms with Crippen molar-refractivity contribution in [2.45, 2.75) is 51.7 Å². The van der Waals surface area contributed by atoms with E-state index in [2.05, 4.69) is 5.32 Å². The van der Waals surface area contributed by atoms with Crippen LogP contribution in [-0.2, 0) is 14.3 Å². The molecule has 112 valence electrons. The van der Waals surface area contributed by atoms with Crippen molar-refractivity contribution in [3.63, 3.8) is 0 Å². The maximum Gasteiger partial charge on any atom is 0.408 e. The first kappa shape index (κ1) is 14.6. The van der Waals surface area contributed by atoms with Gasteiger partial charge < -0.3 is 20.3 Å². The van der Waals surface area contributed by atoms with Crippen LogP contribution in [-0.4, -0.2) is 39.9 Å². The Labute approximate surface area is 116 Å². The van der Waals surface area contributed by atoms with E-state index in [0.717, 1.165) is 0 Å². The molecule has 2 bridgehead atoms. The third kappa shape index (κ3) is 2.21. The number of carbonyl (C=O) groups excluding carboxylic acids is 1. The van der Waals surface area contributed by atoms with Crippen molar-refractivity contribution in [1.82, 2.24) is 5.32 Å². The molecule has 0 aliphatic heterocycles. The third-order valence-electron chi connectivity index (χ3n) is 4.05. The Morgan fingerprint density at radius 2 is 1.65 bits per heavy atom.